The van der Waals surface area contributed by atoms with Crippen LogP contribution in [-0.2, 0) is 0 Å². The lowest BCUT2D eigenvalue weighted by Gasteiger charge is -2.39. The minimum atomic E-state index is -0.0670. The van der Waals surface area contributed by atoms with E-state index in [4.69, 9.17) is 5.11 Å². The average molecular weight is 268 g/mol. The van der Waals surface area contributed by atoms with Crippen LogP contribution < -0.4 is 5.32 Å². The summed E-state index contributed by atoms with van der Waals surface area (Å²) in [4.78, 5) is 2.61. The highest BCUT2D eigenvalue weighted by Gasteiger charge is 2.38. The van der Waals surface area contributed by atoms with Crippen LogP contribution in [0.1, 0.15) is 38.5 Å². The van der Waals surface area contributed by atoms with Gasteiger partial charge in [0.1, 0.15) is 0 Å². The molecule has 0 aromatic heterocycles. The number of rotatable bonds is 7. The van der Waals surface area contributed by atoms with E-state index in [0.717, 1.165) is 25.4 Å². The van der Waals surface area contributed by atoms with Gasteiger partial charge in [-0.05, 0) is 50.4 Å². The van der Waals surface area contributed by atoms with E-state index in [9.17, 15) is 5.11 Å². The first-order valence-corrected chi connectivity index (χ1v) is 8.02. The van der Waals surface area contributed by atoms with E-state index in [1.165, 1.54) is 32.2 Å². The van der Waals surface area contributed by atoms with Gasteiger partial charge in [0.25, 0.3) is 0 Å². The fourth-order valence-electron chi connectivity index (χ4n) is 3.58. The first-order valence-electron chi connectivity index (χ1n) is 8.02. The number of likely N-dealkylation sites (tertiary alicyclic amines) is 1. The van der Waals surface area contributed by atoms with Gasteiger partial charge in [-0.2, -0.15) is 0 Å². The maximum absolute atomic E-state index is 10.2. The summed E-state index contributed by atoms with van der Waals surface area (Å²) in [5.41, 5.74) is 0. The maximum atomic E-state index is 10.2. The minimum absolute atomic E-state index is 0.0670. The van der Waals surface area contributed by atoms with Gasteiger partial charge < -0.3 is 15.5 Å². The van der Waals surface area contributed by atoms with E-state index in [1.54, 1.807) is 0 Å². The molecule has 1 aliphatic heterocycles. The third kappa shape index (κ3) is 3.91. The Balaban J connectivity index is 1.52. The van der Waals surface area contributed by atoms with Crippen LogP contribution in [0.5, 0.6) is 0 Å². The molecule has 4 nitrogen and oxygen atoms in total. The third-order valence-electron chi connectivity index (χ3n) is 4.91. The zero-order valence-corrected chi connectivity index (χ0v) is 11.8. The van der Waals surface area contributed by atoms with Crippen molar-refractivity contribution in [2.24, 2.45) is 11.8 Å². The van der Waals surface area contributed by atoms with E-state index in [1.807, 2.05) is 0 Å². The van der Waals surface area contributed by atoms with Crippen LogP contribution >= 0.6 is 0 Å². The van der Waals surface area contributed by atoms with Crippen LogP contribution in [-0.4, -0.2) is 59.5 Å². The smallest absolute Gasteiger partial charge is 0.0571 e. The van der Waals surface area contributed by atoms with Crippen molar-refractivity contribution in [2.75, 3.05) is 26.2 Å². The van der Waals surface area contributed by atoms with Crippen LogP contribution in [0.3, 0.4) is 0 Å². The second kappa shape index (κ2) is 6.08. The fraction of sp³-hybridized carbons (Fsp3) is 1.00. The molecule has 3 N–H and O–H groups in total. The minimum Gasteiger partial charge on any atom is -0.395 e. The Morgan fingerprint density at radius 2 is 1.95 bits per heavy atom. The van der Waals surface area contributed by atoms with Crippen molar-refractivity contribution >= 4 is 0 Å². The molecule has 110 valence electrons. The van der Waals surface area contributed by atoms with Crippen LogP contribution in [0.25, 0.3) is 0 Å². The topological polar surface area (TPSA) is 55.7 Å². The van der Waals surface area contributed by atoms with Gasteiger partial charge in [0.15, 0.2) is 0 Å². The summed E-state index contributed by atoms with van der Waals surface area (Å²) >= 11 is 0. The van der Waals surface area contributed by atoms with Crippen molar-refractivity contribution < 1.29 is 10.2 Å². The molecule has 0 bridgehead atoms. The molecule has 4 heteroatoms. The molecule has 1 heterocycles. The number of nitrogens with one attached hydrogen (secondary N) is 1. The average Bonchev–Trinajstić information content (AvgIpc) is 3.29. The number of piperidine rings is 1. The third-order valence-corrected chi connectivity index (χ3v) is 4.91. The summed E-state index contributed by atoms with van der Waals surface area (Å²) in [6.45, 7) is 3.21. The van der Waals surface area contributed by atoms with Gasteiger partial charge in [0.05, 0.1) is 12.7 Å². The van der Waals surface area contributed by atoms with E-state index < -0.39 is 0 Å². The molecule has 1 saturated heterocycles. The molecule has 3 unspecified atom stereocenters. The quantitative estimate of drug-likeness (QED) is 0.632. The Morgan fingerprint density at radius 1 is 1.16 bits per heavy atom. The number of hydrogen-bond donors (Lipinski definition) is 3. The zero-order valence-electron chi connectivity index (χ0n) is 11.8. The van der Waals surface area contributed by atoms with Gasteiger partial charge in [-0.15, -0.1) is 0 Å². The van der Waals surface area contributed by atoms with E-state index in [0.29, 0.717) is 24.4 Å². The Kier molecular flexibility index (Phi) is 4.42. The van der Waals surface area contributed by atoms with Gasteiger partial charge in [0.2, 0.25) is 0 Å². The van der Waals surface area contributed by atoms with Gasteiger partial charge in [-0.3, -0.25) is 4.90 Å². The normalized spacial score (nSPS) is 34.4. The summed E-state index contributed by atoms with van der Waals surface area (Å²) in [6.07, 6.45) is 7.23. The first kappa shape index (κ1) is 13.8. The van der Waals surface area contributed by atoms with Gasteiger partial charge in [-0.1, -0.05) is 0 Å². The number of hydrogen-bond acceptors (Lipinski definition) is 4. The molecule has 3 fully saturated rings. The Labute approximate surface area is 116 Å². The number of aliphatic hydroxyl groups excluding tert-OH is 2. The molecule has 3 aliphatic rings. The van der Waals surface area contributed by atoms with E-state index in [-0.39, 0.29) is 12.7 Å². The molecule has 0 amide bonds. The van der Waals surface area contributed by atoms with Crippen LogP contribution in [0, 0.1) is 11.8 Å². The summed E-state index contributed by atoms with van der Waals surface area (Å²) in [5.74, 6) is 1.22. The Bertz CT molecular complexity index is 290. The van der Waals surface area contributed by atoms with Crippen LogP contribution in [0.2, 0.25) is 0 Å². The monoisotopic (exact) mass is 268 g/mol. The molecule has 3 atom stereocenters. The molecule has 0 radical (unpaired) electrons. The predicted octanol–water partition coefficient (Wildman–Crippen LogP) is 0.582. The Hall–Kier alpha value is -0.160. The van der Waals surface area contributed by atoms with Crippen molar-refractivity contribution in [3.05, 3.63) is 0 Å². The van der Waals surface area contributed by atoms with Crippen molar-refractivity contribution in [3.8, 4) is 0 Å². The molecule has 3 rings (SSSR count). The van der Waals surface area contributed by atoms with Crippen LogP contribution in [0.4, 0.5) is 0 Å². The molecule has 19 heavy (non-hydrogen) atoms. The predicted molar refractivity (Wildman–Crippen MR) is 74.9 cm³/mol. The lowest BCUT2D eigenvalue weighted by Crippen LogP contribution is -2.51. The maximum Gasteiger partial charge on any atom is 0.0571 e. The molecule has 0 aromatic rings. The van der Waals surface area contributed by atoms with Gasteiger partial charge in [0, 0.05) is 31.7 Å². The molecule has 2 aliphatic carbocycles. The SMILES string of the molecule is OCCNC1CC(CC(O)C2CC2)CN(C2CC2)C1. The van der Waals surface area contributed by atoms with E-state index in [2.05, 4.69) is 10.2 Å². The summed E-state index contributed by atoms with van der Waals surface area (Å²) in [5, 5.41) is 22.6. The number of aliphatic hydroxyl groups is 2. The van der Waals surface area contributed by atoms with Crippen molar-refractivity contribution in [2.45, 2.75) is 56.7 Å². The summed E-state index contributed by atoms with van der Waals surface area (Å²) < 4.78 is 0. The van der Waals surface area contributed by atoms with Crippen molar-refractivity contribution in [1.82, 2.24) is 10.2 Å². The molecule has 0 spiro atoms. The lowest BCUT2D eigenvalue weighted by atomic mass is 9.88. The van der Waals surface area contributed by atoms with Crippen molar-refractivity contribution in [1.29, 1.82) is 0 Å². The first-order chi connectivity index (χ1) is 9.26. The largest absolute Gasteiger partial charge is 0.395 e. The lowest BCUT2D eigenvalue weighted by molar-refractivity contribution is 0.0708. The highest BCUT2D eigenvalue weighted by molar-refractivity contribution is 4.94. The molecular formula is C15H28N2O2. The van der Waals surface area contributed by atoms with Gasteiger partial charge in [-0.25, -0.2) is 0 Å². The van der Waals surface area contributed by atoms with Gasteiger partial charge >= 0.3 is 0 Å². The molecular weight excluding hydrogens is 240 g/mol. The highest BCUT2D eigenvalue weighted by Crippen LogP contribution is 2.38. The summed E-state index contributed by atoms with van der Waals surface area (Å²) in [7, 11) is 0. The molecule has 0 aromatic carbocycles. The standard InChI is InChI=1S/C15H28N2O2/c18-6-5-16-13-7-11(8-15(19)12-1-2-12)9-17(10-13)14-3-4-14/h11-16,18-19H,1-10H2. The highest BCUT2D eigenvalue weighted by atomic mass is 16.3. The summed E-state index contributed by atoms with van der Waals surface area (Å²) in [6, 6.07) is 1.30. The van der Waals surface area contributed by atoms with Crippen LogP contribution in [0.15, 0.2) is 0 Å². The second-order valence-electron chi connectivity index (χ2n) is 6.80. The zero-order chi connectivity index (χ0) is 13.2. The number of nitrogens with zero attached hydrogens (tertiary/aromatic N) is 1. The fourth-order valence-corrected chi connectivity index (χ4v) is 3.58. The second-order valence-corrected chi connectivity index (χ2v) is 6.80. The van der Waals surface area contributed by atoms with E-state index >= 15 is 0 Å². The molecule has 2 saturated carbocycles. The Morgan fingerprint density at radius 3 is 2.58 bits per heavy atom. The van der Waals surface area contributed by atoms with Crippen molar-refractivity contribution in [3.63, 3.8) is 0 Å².